The van der Waals surface area contributed by atoms with Gasteiger partial charge in [-0.25, -0.2) is 0 Å². The number of aromatic nitrogens is 1. The van der Waals surface area contributed by atoms with Crippen LogP contribution in [0.15, 0.2) is 60.9 Å². The van der Waals surface area contributed by atoms with Gasteiger partial charge in [-0.3, -0.25) is 0 Å². The van der Waals surface area contributed by atoms with E-state index in [1.807, 2.05) is 54.9 Å². The van der Waals surface area contributed by atoms with Crippen LogP contribution >= 0.6 is 0 Å². The van der Waals surface area contributed by atoms with E-state index < -0.39 is 0 Å². The first kappa shape index (κ1) is 9.59. The van der Waals surface area contributed by atoms with E-state index in [9.17, 15) is 0 Å². The number of nitrogens with zero attached hydrogens (tertiary/aromatic N) is 1. The van der Waals surface area contributed by atoms with E-state index in [1.165, 1.54) is 0 Å². The van der Waals surface area contributed by atoms with Gasteiger partial charge in [-0.15, -0.1) is 0 Å². The van der Waals surface area contributed by atoms with Crippen molar-refractivity contribution < 1.29 is 9.47 Å². The molecule has 2 aromatic heterocycles. The highest BCUT2D eigenvalue weighted by Gasteiger charge is 2.26. The molecule has 0 aliphatic carbocycles. The molecule has 18 heavy (non-hydrogen) atoms. The van der Waals surface area contributed by atoms with E-state index in [0.717, 1.165) is 22.6 Å². The number of benzene rings is 1. The number of fused-ring (bicyclic) bond motifs is 2. The van der Waals surface area contributed by atoms with Crippen molar-refractivity contribution >= 4 is 5.52 Å². The number of rotatable bonds is 1. The summed E-state index contributed by atoms with van der Waals surface area (Å²) >= 11 is 0. The van der Waals surface area contributed by atoms with E-state index >= 15 is 0 Å². The highest BCUT2D eigenvalue weighted by Crippen LogP contribution is 2.40. The zero-order valence-electron chi connectivity index (χ0n) is 9.61. The summed E-state index contributed by atoms with van der Waals surface area (Å²) in [7, 11) is 0. The van der Waals surface area contributed by atoms with Gasteiger partial charge in [0.05, 0.1) is 11.1 Å². The fourth-order valence-electron chi connectivity index (χ4n) is 2.32. The van der Waals surface area contributed by atoms with Gasteiger partial charge in [0.2, 0.25) is 0 Å². The first-order chi connectivity index (χ1) is 8.92. The fraction of sp³-hybridized carbons (Fsp3) is 0.0667. The molecule has 0 bridgehead atoms. The summed E-state index contributed by atoms with van der Waals surface area (Å²) in [6.45, 7) is 0. The second kappa shape index (κ2) is 3.53. The molecule has 0 atom stereocenters. The minimum absolute atomic E-state index is 0.360. The van der Waals surface area contributed by atoms with Crippen molar-refractivity contribution in [2.75, 3.05) is 0 Å². The van der Waals surface area contributed by atoms with Crippen LogP contribution in [-0.4, -0.2) is 4.40 Å². The molecule has 0 fully saturated rings. The molecule has 0 saturated heterocycles. The molecule has 0 N–H and O–H groups in total. The Morgan fingerprint density at radius 3 is 2.17 bits per heavy atom. The summed E-state index contributed by atoms with van der Waals surface area (Å²) in [5, 5.41) is 0. The molecule has 3 aromatic rings. The lowest BCUT2D eigenvalue weighted by molar-refractivity contribution is 0.0498. The number of ether oxygens (including phenoxy) is 2. The average molecular weight is 237 g/mol. The molecule has 1 aromatic carbocycles. The molecule has 0 saturated carbocycles. The van der Waals surface area contributed by atoms with Gasteiger partial charge in [-0.2, -0.15) is 0 Å². The van der Waals surface area contributed by atoms with E-state index in [2.05, 4.69) is 10.5 Å². The molecule has 1 aliphatic heterocycles. The Labute approximate surface area is 104 Å². The topological polar surface area (TPSA) is 22.9 Å². The molecule has 88 valence electrons. The minimum atomic E-state index is -0.360. The number of hydrogen-bond donors (Lipinski definition) is 0. The smallest absolute Gasteiger partial charge is 0.269 e. The highest BCUT2D eigenvalue weighted by molar-refractivity contribution is 5.57. The molecule has 0 spiro atoms. The van der Waals surface area contributed by atoms with E-state index in [0.29, 0.717) is 0 Å². The van der Waals surface area contributed by atoms with Crippen LogP contribution in [0, 0.1) is 0 Å². The van der Waals surface area contributed by atoms with Crippen molar-refractivity contribution in [2.45, 2.75) is 6.29 Å². The maximum absolute atomic E-state index is 5.83. The molecule has 3 heterocycles. The summed E-state index contributed by atoms with van der Waals surface area (Å²) in [5.41, 5.74) is 2.15. The van der Waals surface area contributed by atoms with Gasteiger partial charge >= 0.3 is 0 Å². The van der Waals surface area contributed by atoms with Crippen molar-refractivity contribution in [3.8, 4) is 11.5 Å². The van der Waals surface area contributed by atoms with Crippen molar-refractivity contribution in [1.82, 2.24) is 4.40 Å². The van der Waals surface area contributed by atoms with Crippen LogP contribution in [-0.2, 0) is 0 Å². The second-order valence-corrected chi connectivity index (χ2v) is 4.28. The maximum Gasteiger partial charge on any atom is 0.269 e. The van der Waals surface area contributed by atoms with Crippen molar-refractivity contribution in [1.29, 1.82) is 0 Å². The van der Waals surface area contributed by atoms with Gasteiger partial charge in [0.1, 0.15) is 0 Å². The Kier molecular flexibility index (Phi) is 1.88. The van der Waals surface area contributed by atoms with Crippen molar-refractivity contribution in [2.24, 2.45) is 0 Å². The lowest BCUT2D eigenvalue weighted by atomic mass is 10.2. The Bertz CT molecular complexity index is 692. The van der Waals surface area contributed by atoms with Crippen LogP contribution in [0.4, 0.5) is 0 Å². The zero-order chi connectivity index (χ0) is 11.9. The monoisotopic (exact) mass is 237 g/mol. The van der Waals surface area contributed by atoms with Crippen LogP contribution in [0.3, 0.4) is 0 Å². The predicted molar refractivity (Wildman–Crippen MR) is 67.8 cm³/mol. The lowest BCUT2D eigenvalue weighted by Gasteiger charge is -2.12. The van der Waals surface area contributed by atoms with Crippen LogP contribution < -0.4 is 9.47 Å². The average Bonchev–Trinajstić information content (AvgIpc) is 3.04. The van der Waals surface area contributed by atoms with Crippen LogP contribution in [0.1, 0.15) is 11.9 Å². The fourth-order valence-corrected chi connectivity index (χ4v) is 2.32. The largest absolute Gasteiger partial charge is 0.447 e. The quantitative estimate of drug-likeness (QED) is 0.647. The van der Waals surface area contributed by atoms with Gasteiger partial charge in [-0.1, -0.05) is 12.1 Å². The summed E-state index contributed by atoms with van der Waals surface area (Å²) in [6.07, 6.45) is 3.67. The molecule has 0 unspecified atom stereocenters. The van der Waals surface area contributed by atoms with Crippen molar-refractivity contribution in [3.63, 3.8) is 0 Å². The predicted octanol–water partition coefficient (Wildman–Crippen LogP) is 3.41. The molecule has 0 amide bonds. The maximum atomic E-state index is 5.83. The molecule has 3 nitrogen and oxygen atoms in total. The van der Waals surface area contributed by atoms with Crippen LogP contribution in [0.5, 0.6) is 11.5 Å². The van der Waals surface area contributed by atoms with Crippen LogP contribution in [0.25, 0.3) is 5.52 Å². The van der Waals surface area contributed by atoms with Gasteiger partial charge in [0.15, 0.2) is 11.5 Å². The number of para-hydroxylation sites is 2. The summed E-state index contributed by atoms with van der Waals surface area (Å²) in [4.78, 5) is 0. The lowest BCUT2D eigenvalue weighted by Crippen LogP contribution is -2.09. The van der Waals surface area contributed by atoms with Gasteiger partial charge in [-0.05, 0) is 36.4 Å². The Morgan fingerprint density at radius 1 is 0.778 bits per heavy atom. The molecular weight excluding hydrogens is 226 g/mol. The summed E-state index contributed by atoms with van der Waals surface area (Å²) in [6, 6.07) is 15.8. The molecular formula is C15H11NO2. The molecule has 1 aliphatic rings. The van der Waals surface area contributed by atoms with E-state index in [1.54, 1.807) is 0 Å². The van der Waals surface area contributed by atoms with E-state index in [4.69, 9.17) is 9.47 Å². The second-order valence-electron chi connectivity index (χ2n) is 4.28. The summed E-state index contributed by atoms with van der Waals surface area (Å²) in [5.74, 6) is 1.60. The standard InChI is InChI=1S/C15H11NO2/c1-2-8-14-13(7-1)17-15(18-14)11-5-3-9-16-10-4-6-12(11)16/h1-10,15H. The van der Waals surface area contributed by atoms with Gasteiger partial charge < -0.3 is 13.9 Å². The first-order valence-electron chi connectivity index (χ1n) is 5.90. The molecule has 0 radical (unpaired) electrons. The van der Waals surface area contributed by atoms with Gasteiger partial charge in [0, 0.05) is 12.4 Å². The Morgan fingerprint density at radius 2 is 1.44 bits per heavy atom. The Hall–Kier alpha value is -2.42. The first-order valence-corrected chi connectivity index (χ1v) is 5.90. The normalized spacial score (nSPS) is 14.2. The number of pyridine rings is 1. The van der Waals surface area contributed by atoms with Gasteiger partial charge in [0.25, 0.3) is 6.29 Å². The minimum Gasteiger partial charge on any atom is -0.447 e. The highest BCUT2D eigenvalue weighted by atomic mass is 16.7. The Balaban J connectivity index is 1.80. The summed E-state index contributed by atoms with van der Waals surface area (Å²) < 4.78 is 13.7. The van der Waals surface area contributed by atoms with Crippen LogP contribution in [0.2, 0.25) is 0 Å². The third-order valence-corrected chi connectivity index (χ3v) is 3.17. The van der Waals surface area contributed by atoms with E-state index in [-0.39, 0.29) is 6.29 Å². The molecule has 4 rings (SSSR count). The molecule has 3 heteroatoms. The van der Waals surface area contributed by atoms with Crippen molar-refractivity contribution in [3.05, 3.63) is 66.5 Å². The zero-order valence-corrected chi connectivity index (χ0v) is 9.61. The SMILES string of the molecule is c1ccc2c(c1)OC(c1cccn3cccc13)O2. The third-order valence-electron chi connectivity index (χ3n) is 3.17. The third kappa shape index (κ3) is 1.31. The number of hydrogen-bond acceptors (Lipinski definition) is 2.